The standard InChI is InChI=1S/C19H21ClN2O2/c1-13(15-6-4-5-14(11-15)12-23)21-17-9-10-22(19(17)24)18-8-3-2-7-16(18)20/h2-8,11,13,17,21,23H,9-10,12H2,1H3. The van der Waals surface area contributed by atoms with Gasteiger partial charge in [0, 0.05) is 12.6 Å². The Morgan fingerprint density at radius 3 is 2.83 bits per heavy atom. The fraction of sp³-hybridized carbons (Fsp3) is 0.316. The zero-order chi connectivity index (χ0) is 17.1. The molecule has 5 heteroatoms. The highest BCUT2D eigenvalue weighted by Crippen LogP contribution is 2.29. The van der Waals surface area contributed by atoms with E-state index in [1.54, 1.807) is 11.0 Å². The molecule has 1 saturated heterocycles. The lowest BCUT2D eigenvalue weighted by Crippen LogP contribution is -2.39. The van der Waals surface area contributed by atoms with Crippen LogP contribution in [-0.4, -0.2) is 23.6 Å². The first-order chi connectivity index (χ1) is 11.6. The van der Waals surface area contributed by atoms with Gasteiger partial charge in [-0.05, 0) is 36.6 Å². The molecule has 0 aliphatic carbocycles. The normalized spacial score (nSPS) is 18.9. The molecule has 1 aliphatic rings. The molecule has 2 aromatic rings. The van der Waals surface area contributed by atoms with E-state index >= 15 is 0 Å². The highest BCUT2D eigenvalue weighted by Gasteiger charge is 2.34. The first-order valence-electron chi connectivity index (χ1n) is 8.12. The number of aliphatic hydroxyl groups is 1. The lowest BCUT2D eigenvalue weighted by Gasteiger charge is -2.21. The predicted octanol–water partition coefficient (Wildman–Crippen LogP) is 3.29. The number of benzene rings is 2. The predicted molar refractivity (Wildman–Crippen MR) is 96.1 cm³/mol. The summed E-state index contributed by atoms with van der Waals surface area (Å²) in [4.78, 5) is 14.5. The second kappa shape index (κ2) is 7.34. The van der Waals surface area contributed by atoms with Crippen LogP contribution in [-0.2, 0) is 11.4 Å². The van der Waals surface area contributed by atoms with Crippen molar-refractivity contribution in [1.82, 2.24) is 5.32 Å². The third-order valence-electron chi connectivity index (χ3n) is 4.43. The van der Waals surface area contributed by atoms with Crippen molar-refractivity contribution in [3.05, 3.63) is 64.7 Å². The van der Waals surface area contributed by atoms with Crippen LogP contribution >= 0.6 is 11.6 Å². The van der Waals surface area contributed by atoms with E-state index < -0.39 is 0 Å². The summed E-state index contributed by atoms with van der Waals surface area (Å²) >= 11 is 6.21. The molecular weight excluding hydrogens is 324 g/mol. The van der Waals surface area contributed by atoms with Gasteiger partial charge < -0.3 is 10.0 Å². The second-order valence-electron chi connectivity index (χ2n) is 6.07. The Morgan fingerprint density at radius 2 is 2.08 bits per heavy atom. The number of anilines is 1. The molecule has 2 unspecified atom stereocenters. The van der Waals surface area contributed by atoms with Crippen LogP contribution in [0.4, 0.5) is 5.69 Å². The SMILES string of the molecule is CC(NC1CCN(c2ccccc2Cl)C1=O)c1cccc(CO)c1. The summed E-state index contributed by atoms with van der Waals surface area (Å²) in [6.07, 6.45) is 0.744. The molecule has 0 radical (unpaired) electrons. The van der Waals surface area contributed by atoms with Gasteiger partial charge in [-0.15, -0.1) is 0 Å². The lowest BCUT2D eigenvalue weighted by molar-refractivity contribution is -0.119. The minimum Gasteiger partial charge on any atom is -0.392 e. The van der Waals surface area contributed by atoms with Crippen molar-refractivity contribution in [3.8, 4) is 0 Å². The average Bonchev–Trinajstić information content (AvgIpc) is 2.96. The Kier molecular flexibility index (Phi) is 5.19. The zero-order valence-corrected chi connectivity index (χ0v) is 14.3. The van der Waals surface area contributed by atoms with E-state index in [9.17, 15) is 9.90 Å². The molecular formula is C19H21ClN2O2. The minimum absolute atomic E-state index is 0.0171. The number of para-hydroxylation sites is 1. The van der Waals surface area contributed by atoms with Crippen LogP contribution in [0.2, 0.25) is 5.02 Å². The summed E-state index contributed by atoms with van der Waals surface area (Å²) in [5.41, 5.74) is 2.70. The molecule has 2 N–H and O–H groups in total. The molecule has 24 heavy (non-hydrogen) atoms. The minimum atomic E-state index is -0.228. The Hall–Kier alpha value is -1.88. The van der Waals surface area contributed by atoms with Crippen LogP contribution in [0, 0.1) is 0 Å². The fourth-order valence-corrected chi connectivity index (χ4v) is 3.34. The molecule has 126 valence electrons. The van der Waals surface area contributed by atoms with Crippen molar-refractivity contribution in [2.75, 3.05) is 11.4 Å². The number of nitrogens with zero attached hydrogens (tertiary/aromatic N) is 1. The van der Waals surface area contributed by atoms with E-state index in [2.05, 4.69) is 5.32 Å². The van der Waals surface area contributed by atoms with Gasteiger partial charge in [-0.1, -0.05) is 48.0 Å². The molecule has 0 bridgehead atoms. The Labute approximate surface area is 147 Å². The molecule has 2 atom stereocenters. The lowest BCUT2D eigenvalue weighted by atomic mass is 10.0. The van der Waals surface area contributed by atoms with Gasteiger partial charge in [-0.2, -0.15) is 0 Å². The molecule has 0 saturated carbocycles. The topological polar surface area (TPSA) is 52.6 Å². The summed E-state index contributed by atoms with van der Waals surface area (Å²) in [5.74, 6) is 0.0493. The molecule has 0 aromatic heterocycles. The van der Waals surface area contributed by atoms with E-state index in [4.69, 9.17) is 11.6 Å². The number of aliphatic hydroxyl groups excluding tert-OH is 1. The van der Waals surface area contributed by atoms with E-state index in [1.807, 2.05) is 49.4 Å². The van der Waals surface area contributed by atoms with Gasteiger partial charge in [-0.25, -0.2) is 0 Å². The number of halogens is 1. The molecule has 1 fully saturated rings. The smallest absolute Gasteiger partial charge is 0.244 e. The van der Waals surface area contributed by atoms with Crippen molar-refractivity contribution in [1.29, 1.82) is 0 Å². The van der Waals surface area contributed by atoms with Crippen LogP contribution in [0.15, 0.2) is 48.5 Å². The first kappa shape index (κ1) is 17.0. The maximum absolute atomic E-state index is 12.7. The summed E-state index contributed by atoms with van der Waals surface area (Å²) in [5, 5.41) is 13.3. The Balaban J connectivity index is 1.70. The van der Waals surface area contributed by atoms with Gasteiger partial charge in [0.1, 0.15) is 0 Å². The number of carbonyl (C=O) groups is 1. The molecule has 1 amide bonds. The highest BCUT2D eigenvalue weighted by atomic mass is 35.5. The summed E-state index contributed by atoms with van der Waals surface area (Å²) in [7, 11) is 0. The highest BCUT2D eigenvalue weighted by molar-refractivity contribution is 6.33. The first-order valence-corrected chi connectivity index (χ1v) is 8.49. The van der Waals surface area contributed by atoms with Crippen molar-refractivity contribution < 1.29 is 9.90 Å². The quantitative estimate of drug-likeness (QED) is 0.875. The van der Waals surface area contributed by atoms with Crippen LogP contribution in [0.25, 0.3) is 0 Å². The van der Waals surface area contributed by atoms with Gasteiger partial charge in [0.05, 0.1) is 23.4 Å². The van der Waals surface area contributed by atoms with Crippen molar-refractivity contribution in [2.45, 2.75) is 32.0 Å². The van der Waals surface area contributed by atoms with Gasteiger partial charge in [0.15, 0.2) is 0 Å². The largest absolute Gasteiger partial charge is 0.392 e. The Morgan fingerprint density at radius 1 is 1.29 bits per heavy atom. The molecule has 1 heterocycles. The van der Waals surface area contributed by atoms with Crippen LogP contribution in [0.3, 0.4) is 0 Å². The molecule has 1 aliphatic heterocycles. The van der Waals surface area contributed by atoms with E-state index in [0.717, 1.165) is 23.2 Å². The van der Waals surface area contributed by atoms with Gasteiger partial charge >= 0.3 is 0 Å². The van der Waals surface area contributed by atoms with E-state index in [0.29, 0.717) is 11.6 Å². The van der Waals surface area contributed by atoms with Gasteiger partial charge in [-0.3, -0.25) is 10.1 Å². The average molecular weight is 345 g/mol. The van der Waals surface area contributed by atoms with Crippen LogP contribution in [0.5, 0.6) is 0 Å². The van der Waals surface area contributed by atoms with Crippen molar-refractivity contribution in [2.24, 2.45) is 0 Å². The van der Waals surface area contributed by atoms with E-state index in [-0.39, 0.29) is 24.6 Å². The summed E-state index contributed by atoms with van der Waals surface area (Å²) < 4.78 is 0. The van der Waals surface area contributed by atoms with Crippen molar-refractivity contribution >= 4 is 23.2 Å². The van der Waals surface area contributed by atoms with Crippen LogP contribution < -0.4 is 10.2 Å². The third kappa shape index (κ3) is 3.46. The number of carbonyl (C=O) groups excluding carboxylic acids is 1. The number of amides is 1. The van der Waals surface area contributed by atoms with Gasteiger partial charge in [0.2, 0.25) is 5.91 Å². The number of hydrogen-bond donors (Lipinski definition) is 2. The molecule has 0 spiro atoms. The zero-order valence-electron chi connectivity index (χ0n) is 13.6. The summed E-state index contributed by atoms with van der Waals surface area (Å²) in [6, 6.07) is 15.0. The van der Waals surface area contributed by atoms with Gasteiger partial charge in [0.25, 0.3) is 0 Å². The van der Waals surface area contributed by atoms with Crippen molar-refractivity contribution in [3.63, 3.8) is 0 Å². The number of nitrogens with one attached hydrogen (secondary N) is 1. The number of rotatable bonds is 5. The molecule has 3 rings (SSSR count). The Bertz CT molecular complexity index is 735. The van der Waals surface area contributed by atoms with Crippen LogP contribution in [0.1, 0.15) is 30.5 Å². The molecule has 2 aromatic carbocycles. The van der Waals surface area contributed by atoms with E-state index in [1.165, 1.54) is 0 Å². The second-order valence-corrected chi connectivity index (χ2v) is 6.48. The maximum atomic E-state index is 12.7. The fourth-order valence-electron chi connectivity index (χ4n) is 3.10. The molecule has 4 nitrogen and oxygen atoms in total. The number of hydrogen-bond acceptors (Lipinski definition) is 3. The monoisotopic (exact) mass is 344 g/mol. The maximum Gasteiger partial charge on any atom is 0.244 e. The third-order valence-corrected chi connectivity index (χ3v) is 4.75. The summed E-state index contributed by atoms with van der Waals surface area (Å²) in [6.45, 7) is 2.70.